The van der Waals surface area contributed by atoms with E-state index < -0.39 is 0 Å². The number of aromatic nitrogens is 4. The summed E-state index contributed by atoms with van der Waals surface area (Å²) in [6.45, 7) is 1.54. The Morgan fingerprint density at radius 3 is 2.67 bits per heavy atom. The van der Waals surface area contributed by atoms with Gasteiger partial charge in [-0.3, -0.25) is 4.79 Å². The first-order valence-electron chi connectivity index (χ1n) is 7.22. The van der Waals surface area contributed by atoms with Crippen molar-refractivity contribution >= 4 is 33.5 Å². The summed E-state index contributed by atoms with van der Waals surface area (Å²) >= 11 is 3.40. The fourth-order valence-corrected chi connectivity index (χ4v) is 2.45. The van der Waals surface area contributed by atoms with Crippen molar-refractivity contribution in [3.05, 3.63) is 70.6 Å². The Hall–Kier alpha value is -2.80. The fourth-order valence-electron chi connectivity index (χ4n) is 2.19. The van der Waals surface area contributed by atoms with E-state index in [-0.39, 0.29) is 5.78 Å². The predicted octanol–water partition coefficient (Wildman–Crippen LogP) is 3.71. The summed E-state index contributed by atoms with van der Waals surface area (Å²) in [4.78, 5) is 11.6. The number of Topliss-reactive ketones (excluding diaryl/α,β-unsaturated/α-hetero) is 1. The molecule has 2 aromatic carbocycles. The molecule has 0 atom stereocenters. The number of tetrazole rings is 1. The van der Waals surface area contributed by atoms with Crippen LogP contribution in [0.4, 0.5) is 5.69 Å². The first kappa shape index (κ1) is 16.1. The van der Waals surface area contributed by atoms with Crippen molar-refractivity contribution in [3.8, 4) is 5.69 Å². The molecule has 0 aliphatic carbocycles. The predicted molar refractivity (Wildman–Crippen MR) is 96.0 cm³/mol. The van der Waals surface area contributed by atoms with E-state index in [9.17, 15) is 4.79 Å². The third-order valence-corrected chi connectivity index (χ3v) is 3.87. The van der Waals surface area contributed by atoms with Crippen LogP contribution in [0.15, 0.2) is 59.2 Å². The Balaban J connectivity index is 1.81. The molecule has 7 heteroatoms. The average Bonchev–Trinajstić information content (AvgIpc) is 3.04. The van der Waals surface area contributed by atoms with Gasteiger partial charge in [-0.2, -0.15) is 4.68 Å². The summed E-state index contributed by atoms with van der Waals surface area (Å²) in [5.74, 6) is 0.580. The topological polar surface area (TPSA) is 72.7 Å². The van der Waals surface area contributed by atoms with Crippen molar-refractivity contribution in [3.63, 3.8) is 0 Å². The molecule has 1 heterocycles. The third kappa shape index (κ3) is 3.57. The van der Waals surface area contributed by atoms with Crippen LogP contribution in [0.1, 0.15) is 23.1 Å². The van der Waals surface area contributed by atoms with Crippen LogP contribution in [0.3, 0.4) is 0 Å². The van der Waals surface area contributed by atoms with Crippen LogP contribution < -0.4 is 5.32 Å². The van der Waals surface area contributed by atoms with E-state index in [1.165, 1.54) is 6.92 Å². The quantitative estimate of drug-likeness (QED) is 0.679. The zero-order valence-electron chi connectivity index (χ0n) is 12.8. The summed E-state index contributed by atoms with van der Waals surface area (Å²) in [6.07, 6.45) is 3.46. The van der Waals surface area contributed by atoms with E-state index in [2.05, 4.69) is 36.8 Å². The molecule has 0 aliphatic rings. The lowest BCUT2D eigenvalue weighted by atomic mass is 10.1. The maximum atomic E-state index is 11.6. The van der Waals surface area contributed by atoms with E-state index >= 15 is 0 Å². The van der Waals surface area contributed by atoms with Gasteiger partial charge in [0.1, 0.15) is 0 Å². The Morgan fingerprint density at radius 1 is 1.17 bits per heavy atom. The van der Waals surface area contributed by atoms with Gasteiger partial charge in [-0.15, -0.1) is 5.10 Å². The van der Waals surface area contributed by atoms with E-state index in [0.717, 1.165) is 15.8 Å². The van der Waals surface area contributed by atoms with Crippen molar-refractivity contribution < 1.29 is 4.79 Å². The van der Waals surface area contributed by atoms with Crippen LogP contribution in [0.5, 0.6) is 0 Å². The minimum Gasteiger partial charge on any atom is -0.361 e. The summed E-state index contributed by atoms with van der Waals surface area (Å²) < 4.78 is 2.61. The van der Waals surface area contributed by atoms with E-state index in [1.54, 1.807) is 23.0 Å². The maximum absolute atomic E-state index is 11.6. The van der Waals surface area contributed by atoms with Crippen molar-refractivity contribution in [1.82, 2.24) is 20.2 Å². The van der Waals surface area contributed by atoms with Crippen LogP contribution in [-0.4, -0.2) is 26.0 Å². The minimum atomic E-state index is 0.00574. The summed E-state index contributed by atoms with van der Waals surface area (Å²) in [7, 11) is 0. The number of nitrogens with one attached hydrogen (secondary N) is 1. The molecule has 0 saturated heterocycles. The number of carbonyl (C=O) groups is 1. The Bertz CT molecular complexity index is 886. The molecule has 6 nitrogen and oxygen atoms in total. The average molecular weight is 384 g/mol. The highest BCUT2D eigenvalue weighted by Gasteiger charge is 2.06. The number of halogens is 1. The summed E-state index contributed by atoms with van der Waals surface area (Å²) in [5.41, 5.74) is 2.23. The lowest BCUT2D eigenvalue weighted by Gasteiger charge is -2.06. The lowest BCUT2D eigenvalue weighted by molar-refractivity contribution is 0.101. The molecule has 3 rings (SSSR count). The maximum Gasteiger partial charge on any atom is 0.181 e. The molecule has 3 aromatic rings. The number of benzene rings is 2. The van der Waals surface area contributed by atoms with E-state index in [1.807, 2.05) is 42.5 Å². The Kier molecular flexibility index (Phi) is 4.81. The largest absolute Gasteiger partial charge is 0.361 e. The molecule has 0 amide bonds. The second-order valence-corrected chi connectivity index (χ2v) is 5.92. The van der Waals surface area contributed by atoms with Gasteiger partial charge in [0.25, 0.3) is 0 Å². The van der Waals surface area contributed by atoms with Gasteiger partial charge in [0, 0.05) is 28.0 Å². The van der Waals surface area contributed by atoms with Crippen LogP contribution in [0.25, 0.3) is 11.8 Å². The number of nitrogens with zero attached hydrogens (tertiary/aromatic N) is 4. The Labute approximate surface area is 147 Å². The molecular weight excluding hydrogens is 370 g/mol. The first-order valence-corrected chi connectivity index (χ1v) is 8.02. The van der Waals surface area contributed by atoms with Gasteiger partial charge in [0.15, 0.2) is 11.6 Å². The standard InChI is InChI=1S/C17H14BrN5O/c1-12(24)15-4-2-3-5-16(15)19-11-10-17-20-21-22-23(17)14-8-6-13(18)7-9-14/h2-11,19H,1H3/b11-10+. The first-order chi connectivity index (χ1) is 11.6. The van der Waals surface area contributed by atoms with Crippen LogP contribution in [0.2, 0.25) is 0 Å². The normalized spacial score (nSPS) is 10.9. The fraction of sp³-hybridized carbons (Fsp3) is 0.0588. The number of ketones is 1. The van der Waals surface area contributed by atoms with Gasteiger partial charge in [-0.25, -0.2) is 0 Å². The van der Waals surface area contributed by atoms with Gasteiger partial charge in [-0.05, 0) is 53.7 Å². The van der Waals surface area contributed by atoms with Crippen LogP contribution in [0, 0.1) is 0 Å². The Morgan fingerprint density at radius 2 is 1.92 bits per heavy atom. The van der Waals surface area contributed by atoms with Crippen molar-refractivity contribution in [2.75, 3.05) is 5.32 Å². The second-order valence-electron chi connectivity index (χ2n) is 5.00. The smallest absolute Gasteiger partial charge is 0.181 e. The van der Waals surface area contributed by atoms with E-state index in [0.29, 0.717) is 11.4 Å². The molecule has 0 bridgehead atoms. The number of anilines is 1. The molecule has 0 saturated carbocycles. The monoisotopic (exact) mass is 383 g/mol. The molecule has 0 fully saturated rings. The van der Waals surface area contributed by atoms with Crippen molar-refractivity contribution in [1.29, 1.82) is 0 Å². The highest BCUT2D eigenvalue weighted by atomic mass is 79.9. The molecule has 24 heavy (non-hydrogen) atoms. The number of para-hydroxylation sites is 1. The molecule has 1 N–H and O–H groups in total. The van der Waals surface area contributed by atoms with Gasteiger partial charge in [0.05, 0.1) is 5.69 Å². The highest BCUT2D eigenvalue weighted by molar-refractivity contribution is 9.10. The summed E-state index contributed by atoms with van der Waals surface area (Å²) in [6, 6.07) is 15.0. The number of hydrogen-bond donors (Lipinski definition) is 1. The molecular formula is C17H14BrN5O. The number of hydrogen-bond acceptors (Lipinski definition) is 5. The number of rotatable bonds is 5. The van der Waals surface area contributed by atoms with Crippen molar-refractivity contribution in [2.24, 2.45) is 0 Å². The molecule has 0 radical (unpaired) electrons. The van der Waals surface area contributed by atoms with Gasteiger partial charge in [0.2, 0.25) is 0 Å². The SMILES string of the molecule is CC(=O)c1ccccc1N/C=C/c1nnnn1-c1ccc(Br)cc1. The van der Waals surface area contributed by atoms with Gasteiger partial charge in [-0.1, -0.05) is 28.1 Å². The molecule has 120 valence electrons. The van der Waals surface area contributed by atoms with Crippen molar-refractivity contribution in [2.45, 2.75) is 6.92 Å². The molecule has 0 spiro atoms. The zero-order valence-corrected chi connectivity index (χ0v) is 14.4. The van der Waals surface area contributed by atoms with Gasteiger partial charge < -0.3 is 5.32 Å². The minimum absolute atomic E-state index is 0.00574. The summed E-state index contributed by atoms with van der Waals surface area (Å²) in [5, 5.41) is 14.8. The lowest BCUT2D eigenvalue weighted by Crippen LogP contribution is -2.01. The highest BCUT2D eigenvalue weighted by Crippen LogP contribution is 2.17. The van der Waals surface area contributed by atoms with E-state index in [4.69, 9.17) is 0 Å². The molecule has 0 unspecified atom stereocenters. The molecule has 1 aromatic heterocycles. The third-order valence-electron chi connectivity index (χ3n) is 3.34. The second kappa shape index (κ2) is 7.18. The molecule has 0 aliphatic heterocycles. The van der Waals surface area contributed by atoms with Gasteiger partial charge >= 0.3 is 0 Å². The van der Waals surface area contributed by atoms with Crippen LogP contribution >= 0.6 is 15.9 Å². The zero-order chi connectivity index (χ0) is 16.9. The van der Waals surface area contributed by atoms with Crippen LogP contribution in [-0.2, 0) is 0 Å². The number of carbonyl (C=O) groups excluding carboxylic acids is 1.